The number of halogens is 2. The summed E-state index contributed by atoms with van der Waals surface area (Å²) in [6.07, 6.45) is 3.87. The third-order valence-electron chi connectivity index (χ3n) is 6.54. The first-order valence-electron chi connectivity index (χ1n) is 11.5. The fourth-order valence-corrected chi connectivity index (χ4v) is 5.01. The Hall–Kier alpha value is -3.16. The van der Waals surface area contributed by atoms with Gasteiger partial charge in [0.2, 0.25) is 0 Å². The van der Waals surface area contributed by atoms with Gasteiger partial charge in [-0.25, -0.2) is 14.4 Å². The standard InChI is InChI=1S/C26H28ClFN6/c1-15-10-16(12-18(28)11-15)20-14-31-25(30-3)23(24(20)34-8-6-19(29-2)7-9-34)26-32-21-5-4-17(27)13-22(21)33-26/h4-5,10-14,19,29H,6-9H2,1-3H3,(H,30,31)(H,32,33). The van der Waals surface area contributed by atoms with E-state index in [0.29, 0.717) is 22.7 Å². The molecule has 0 saturated carbocycles. The van der Waals surface area contributed by atoms with Gasteiger partial charge in [-0.05, 0) is 68.3 Å². The van der Waals surface area contributed by atoms with Crippen LogP contribution in [0.5, 0.6) is 0 Å². The Morgan fingerprint density at radius 2 is 1.91 bits per heavy atom. The summed E-state index contributed by atoms with van der Waals surface area (Å²) in [7, 11) is 3.87. The third-order valence-corrected chi connectivity index (χ3v) is 6.78. The van der Waals surface area contributed by atoms with E-state index >= 15 is 0 Å². The Bertz CT molecular complexity index is 1320. The molecule has 4 aromatic rings. The van der Waals surface area contributed by atoms with Crippen LogP contribution in [-0.4, -0.2) is 48.2 Å². The van der Waals surface area contributed by atoms with Gasteiger partial charge in [0.05, 0.1) is 22.3 Å². The van der Waals surface area contributed by atoms with Crippen molar-refractivity contribution in [2.24, 2.45) is 0 Å². The minimum absolute atomic E-state index is 0.257. The van der Waals surface area contributed by atoms with Crippen LogP contribution in [-0.2, 0) is 0 Å². The minimum atomic E-state index is -0.257. The summed E-state index contributed by atoms with van der Waals surface area (Å²) >= 11 is 6.23. The van der Waals surface area contributed by atoms with Gasteiger partial charge in [0.1, 0.15) is 17.5 Å². The molecule has 2 aromatic heterocycles. The normalized spacial score (nSPS) is 14.7. The van der Waals surface area contributed by atoms with Gasteiger partial charge in [-0.3, -0.25) is 0 Å². The molecule has 0 atom stereocenters. The molecule has 1 fully saturated rings. The van der Waals surface area contributed by atoms with Crippen LogP contribution in [0.2, 0.25) is 5.02 Å². The van der Waals surface area contributed by atoms with Crippen molar-refractivity contribution in [1.82, 2.24) is 20.3 Å². The molecule has 0 bridgehead atoms. The Balaban J connectivity index is 1.76. The lowest BCUT2D eigenvalue weighted by atomic mass is 9.96. The summed E-state index contributed by atoms with van der Waals surface area (Å²) in [6.45, 7) is 3.65. The number of fused-ring (bicyclic) bond motifs is 1. The highest BCUT2D eigenvalue weighted by atomic mass is 35.5. The van der Waals surface area contributed by atoms with Crippen molar-refractivity contribution in [3.8, 4) is 22.5 Å². The van der Waals surface area contributed by atoms with Crippen molar-refractivity contribution >= 4 is 34.1 Å². The molecule has 0 spiro atoms. The van der Waals surface area contributed by atoms with Gasteiger partial charge in [-0.2, -0.15) is 0 Å². The van der Waals surface area contributed by atoms with E-state index in [1.165, 1.54) is 0 Å². The number of H-pyrrole nitrogens is 1. The van der Waals surface area contributed by atoms with Crippen molar-refractivity contribution in [3.05, 3.63) is 59.0 Å². The van der Waals surface area contributed by atoms with E-state index in [1.54, 1.807) is 12.1 Å². The van der Waals surface area contributed by atoms with E-state index in [-0.39, 0.29) is 5.82 Å². The number of nitrogens with zero attached hydrogens (tertiary/aromatic N) is 3. The van der Waals surface area contributed by atoms with E-state index in [0.717, 1.165) is 64.9 Å². The van der Waals surface area contributed by atoms with Crippen molar-refractivity contribution < 1.29 is 4.39 Å². The molecule has 1 saturated heterocycles. The number of imidazole rings is 1. The van der Waals surface area contributed by atoms with Crippen LogP contribution >= 0.6 is 11.6 Å². The zero-order valence-electron chi connectivity index (χ0n) is 19.5. The number of pyridine rings is 1. The number of aromatic amines is 1. The van der Waals surface area contributed by atoms with Crippen molar-refractivity contribution in [2.45, 2.75) is 25.8 Å². The highest BCUT2D eigenvalue weighted by molar-refractivity contribution is 6.31. The van der Waals surface area contributed by atoms with E-state index in [4.69, 9.17) is 21.6 Å². The molecule has 34 heavy (non-hydrogen) atoms. The van der Waals surface area contributed by atoms with Crippen molar-refractivity contribution in [2.75, 3.05) is 37.4 Å². The zero-order valence-corrected chi connectivity index (χ0v) is 20.3. The Labute approximate surface area is 203 Å². The molecule has 1 aliphatic rings. The van der Waals surface area contributed by atoms with Gasteiger partial charge < -0.3 is 20.5 Å². The Morgan fingerprint density at radius 1 is 1.12 bits per heavy atom. The lowest BCUT2D eigenvalue weighted by Gasteiger charge is -2.36. The monoisotopic (exact) mass is 478 g/mol. The van der Waals surface area contributed by atoms with E-state index in [9.17, 15) is 4.39 Å². The first kappa shape index (κ1) is 22.6. The number of rotatable bonds is 5. The molecule has 3 heterocycles. The number of hydrogen-bond acceptors (Lipinski definition) is 5. The van der Waals surface area contributed by atoms with Gasteiger partial charge in [0, 0.05) is 43.0 Å². The van der Waals surface area contributed by atoms with Gasteiger partial charge in [0.15, 0.2) is 0 Å². The van der Waals surface area contributed by atoms with Gasteiger partial charge in [0.25, 0.3) is 0 Å². The molecule has 0 amide bonds. The van der Waals surface area contributed by atoms with Crippen LogP contribution in [0.4, 0.5) is 15.9 Å². The van der Waals surface area contributed by atoms with Crippen LogP contribution in [0.15, 0.2) is 42.6 Å². The average molecular weight is 479 g/mol. The van der Waals surface area contributed by atoms with Crippen LogP contribution < -0.4 is 15.5 Å². The molecule has 8 heteroatoms. The molecule has 2 aromatic carbocycles. The minimum Gasteiger partial charge on any atom is -0.372 e. The molecule has 0 unspecified atom stereocenters. The summed E-state index contributed by atoms with van der Waals surface area (Å²) in [5.41, 5.74) is 6.12. The van der Waals surface area contributed by atoms with Crippen LogP contribution in [0, 0.1) is 12.7 Å². The molecule has 176 valence electrons. The van der Waals surface area contributed by atoms with E-state index < -0.39 is 0 Å². The zero-order chi connectivity index (χ0) is 23.8. The highest BCUT2D eigenvalue weighted by Crippen LogP contribution is 2.43. The molecule has 0 radical (unpaired) electrons. The summed E-state index contributed by atoms with van der Waals surface area (Å²) in [5.74, 6) is 1.16. The fourth-order valence-electron chi connectivity index (χ4n) is 4.84. The fraction of sp³-hybridized carbons (Fsp3) is 0.308. The summed E-state index contributed by atoms with van der Waals surface area (Å²) in [6, 6.07) is 11.2. The van der Waals surface area contributed by atoms with Gasteiger partial charge in [-0.1, -0.05) is 17.7 Å². The highest BCUT2D eigenvalue weighted by Gasteiger charge is 2.27. The number of benzene rings is 2. The number of hydrogen-bond donors (Lipinski definition) is 3. The number of piperidine rings is 1. The number of aryl methyl sites for hydroxylation is 1. The van der Waals surface area contributed by atoms with Gasteiger partial charge in [-0.15, -0.1) is 0 Å². The van der Waals surface area contributed by atoms with Crippen LogP contribution in [0.1, 0.15) is 18.4 Å². The second-order valence-electron chi connectivity index (χ2n) is 8.81. The lowest BCUT2D eigenvalue weighted by Crippen LogP contribution is -2.41. The Kier molecular flexibility index (Phi) is 6.15. The number of nitrogens with one attached hydrogen (secondary N) is 3. The third kappa shape index (κ3) is 4.21. The first-order chi connectivity index (χ1) is 16.5. The lowest BCUT2D eigenvalue weighted by molar-refractivity contribution is 0.443. The maximum Gasteiger partial charge on any atom is 0.144 e. The van der Waals surface area contributed by atoms with E-state index in [2.05, 4.69) is 20.5 Å². The molecular weight excluding hydrogens is 451 g/mol. The largest absolute Gasteiger partial charge is 0.372 e. The number of aromatic nitrogens is 3. The van der Waals surface area contributed by atoms with Crippen molar-refractivity contribution in [1.29, 1.82) is 0 Å². The van der Waals surface area contributed by atoms with E-state index in [1.807, 2.05) is 51.5 Å². The second kappa shape index (κ2) is 9.24. The average Bonchev–Trinajstić information content (AvgIpc) is 3.25. The van der Waals surface area contributed by atoms with Crippen LogP contribution in [0.25, 0.3) is 33.5 Å². The van der Waals surface area contributed by atoms with Crippen molar-refractivity contribution in [3.63, 3.8) is 0 Å². The Morgan fingerprint density at radius 3 is 2.62 bits per heavy atom. The topological polar surface area (TPSA) is 68.9 Å². The molecule has 1 aliphatic heterocycles. The predicted octanol–water partition coefficient (Wildman–Crippen LogP) is 5.62. The number of anilines is 2. The van der Waals surface area contributed by atoms with Crippen LogP contribution in [0.3, 0.4) is 0 Å². The molecule has 5 rings (SSSR count). The quantitative estimate of drug-likeness (QED) is 0.347. The summed E-state index contributed by atoms with van der Waals surface area (Å²) in [5, 5.41) is 7.28. The molecular formula is C26H28ClFN6. The molecule has 3 N–H and O–H groups in total. The second-order valence-corrected chi connectivity index (χ2v) is 9.24. The maximum atomic E-state index is 14.4. The smallest absolute Gasteiger partial charge is 0.144 e. The molecule has 6 nitrogen and oxygen atoms in total. The SMILES string of the molecule is CNc1ncc(-c2cc(C)cc(F)c2)c(N2CCC(NC)CC2)c1-c1nc2ccc(Cl)cc2[nH]1. The molecule has 0 aliphatic carbocycles. The predicted molar refractivity (Wildman–Crippen MR) is 138 cm³/mol. The summed E-state index contributed by atoms with van der Waals surface area (Å²) < 4.78 is 14.4. The summed E-state index contributed by atoms with van der Waals surface area (Å²) in [4.78, 5) is 15.4. The van der Waals surface area contributed by atoms with Gasteiger partial charge >= 0.3 is 0 Å². The first-order valence-corrected chi connectivity index (χ1v) is 11.9. The maximum absolute atomic E-state index is 14.4.